The number of ether oxygens (including phenoxy) is 2. The van der Waals surface area contributed by atoms with Crippen molar-refractivity contribution in [1.82, 2.24) is 0 Å². The Hall–Kier alpha value is 0.620. The predicted octanol–water partition coefficient (Wildman–Crippen LogP) is 2.39. The van der Waals surface area contributed by atoms with E-state index in [4.69, 9.17) is 9.47 Å². The van der Waals surface area contributed by atoms with Crippen LogP contribution in [0.1, 0.15) is 19.8 Å². The van der Waals surface area contributed by atoms with E-state index in [1.54, 1.807) is 10.8 Å². The Morgan fingerprint density at radius 2 is 1.86 bits per heavy atom. The second-order valence-electron chi connectivity index (χ2n) is 4.20. The number of hydrogen-bond donors (Lipinski definition) is 1. The summed E-state index contributed by atoms with van der Waals surface area (Å²) in [4.78, 5) is 0. The Labute approximate surface area is 94.9 Å². The number of rotatable bonds is 4. The summed E-state index contributed by atoms with van der Waals surface area (Å²) in [5, 5.41) is 0. The summed E-state index contributed by atoms with van der Waals surface area (Å²) in [7, 11) is 1.60. The fourth-order valence-corrected chi connectivity index (χ4v) is 3.57. The maximum absolute atomic E-state index is 5.83. The summed E-state index contributed by atoms with van der Waals surface area (Å²) in [6, 6.07) is 0. The number of hydrogen-bond acceptors (Lipinski definition) is 4. The molecule has 0 radical (unpaired) electrons. The highest BCUT2D eigenvalue weighted by atomic mass is 33.1. The van der Waals surface area contributed by atoms with Crippen LogP contribution in [0.2, 0.25) is 0 Å². The molecule has 82 valence electrons. The average molecular weight is 234 g/mol. The van der Waals surface area contributed by atoms with E-state index in [-0.39, 0.29) is 0 Å². The minimum absolute atomic E-state index is 0.353. The van der Waals surface area contributed by atoms with Gasteiger partial charge in [0.25, 0.3) is 0 Å². The number of fused-ring (bicyclic) bond motifs is 1. The molecule has 2 aliphatic rings. The van der Waals surface area contributed by atoms with E-state index in [1.807, 2.05) is 0 Å². The van der Waals surface area contributed by atoms with Gasteiger partial charge in [0, 0.05) is 17.6 Å². The van der Waals surface area contributed by atoms with Crippen LogP contribution in [0.3, 0.4) is 0 Å². The van der Waals surface area contributed by atoms with Crippen LogP contribution in [-0.4, -0.2) is 31.2 Å². The van der Waals surface area contributed by atoms with Gasteiger partial charge in [-0.05, 0) is 6.42 Å². The van der Waals surface area contributed by atoms with Crippen LogP contribution in [0.15, 0.2) is 0 Å². The minimum Gasteiger partial charge on any atom is -0.375 e. The Bertz CT molecular complexity index is 169. The van der Waals surface area contributed by atoms with E-state index >= 15 is 0 Å². The zero-order chi connectivity index (χ0) is 9.97. The molecule has 0 aromatic heterocycles. The van der Waals surface area contributed by atoms with Crippen molar-refractivity contribution in [3.05, 3.63) is 0 Å². The summed E-state index contributed by atoms with van der Waals surface area (Å²) in [6.45, 7) is 3.99. The van der Waals surface area contributed by atoms with Crippen LogP contribution in [0.4, 0.5) is 0 Å². The zero-order valence-electron chi connectivity index (χ0n) is 8.52. The topological polar surface area (TPSA) is 18.5 Å². The van der Waals surface area contributed by atoms with Crippen molar-refractivity contribution in [3.63, 3.8) is 0 Å². The van der Waals surface area contributed by atoms with Crippen molar-refractivity contribution in [2.24, 2.45) is 11.8 Å². The second-order valence-corrected chi connectivity index (χ2v) is 5.57. The van der Waals surface area contributed by atoms with Gasteiger partial charge in [0.15, 0.2) is 0 Å². The molecule has 0 N–H and O–H groups in total. The summed E-state index contributed by atoms with van der Waals surface area (Å²) in [6.07, 6.45) is 3.20. The zero-order valence-corrected chi connectivity index (χ0v) is 10.2. The Morgan fingerprint density at radius 3 is 2.50 bits per heavy atom. The maximum atomic E-state index is 5.83. The molecule has 2 rings (SSSR count). The lowest BCUT2D eigenvalue weighted by molar-refractivity contribution is 0.0606. The lowest BCUT2D eigenvalue weighted by atomic mass is 9.94. The molecule has 2 fully saturated rings. The largest absolute Gasteiger partial charge is 0.375 e. The lowest BCUT2D eigenvalue weighted by Gasteiger charge is -2.15. The minimum atomic E-state index is 0.353. The van der Waals surface area contributed by atoms with Crippen molar-refractivity contribution >= 4 is 22.5 Å². The average Bonchev–Trinajstić information content (AvgIpc) is 2.72. The molecule has 2 nitrogen and oxygen atoms in total. The molecule has 2 heterocycles. The van der Waals surface area contributed by atoms with Gasteiger partial charge in [-0.1, -0.05) is 24.1 Å². The molecular weight excluding hydrogens is 216 g/mol. The highest BCUT2D eigenvalue weighted by Gasteiger charge is 2.46. The highest BCUT2D eigenvalue weighted by molar-refractivity contribution is 8.68. The van der Waals surface area contributed by atoms with E-state index in [2.05, 4.69) is 18.6 Å². The van der Waals surface area contributed by atoms with Crippen molar-refractivity contribution in [1.29, 1.82) is 0 Å². The van der Waals surface area contributed by atoms with Crippen molar-refractivity contribution in [2.75, 3.05) is 19.0 Å². The molecule has 4 atom stereocenters. The van der Waals surface area contributed by atoms with Crippen molar-refractivity contribution in [3.8, 4) is 0 Å². The van der Waals surface area contributed by atoms with E-state index in [1.165, 1.54) is 12.8 Å². The second kappa shape index (κ2) is 5.10. The quantitative estimate of drug-likeness (QED) is 0.595. The van der Waals surface area contributed by atoms with Crippen LogP contribution in [-0.2, 0) is 9.47 Å². The molecule has 0 bridgehead atoms. The molecule has 2 aliphatic heterocycles. The third kappa shape index (κ3) is 2.08. The maximum Gasteiger partial charge on any atom is 0.0898 e. The fourth-order valence-electron chi connectivity index (χ4n) is 2.51. The standard InChI is InChI=1S/C10H18O2S2/c1-2-3-7-4-11-10-8(6-14-13)5-12-9(7)10/h7-10,13H,2-6H2,1H3/t7?,8?,9-,10-/m1/s1. The Balaban J connectivity index is 1.90. The smallest absolute Gasteiger partial charge is 0.0898 e. The Morgan fingerprint density at radius 1 is 1.21 bits per heavy atom. The summed E-state index contributed by atoms with van der Waals surface area (Å²) < 4.78 is 11.7. The van der Waals surface area contributed by atoms with Gasteiger partial charge < -0.3 is 9.47 Å². The molecule has 0 aromatic carbocycles. The molecule has 2 unspecified atom stereocenters. The molecular formula is C10H18O2S2. The molecule has 0 spiro atoms. The summed E-state index contributed by atoms with van der Waals surface area (Å²) in [5.41, 5.74) is 0. The van der Waals surface area contributed by atoms with Crippen LogP contribution in [0.5, 0.6) is 0 Å². The number of thiol groups is 1. The van der Waals surface area contributed by atoms with Gasteiger partial charge in [-0.3, -0.25) is 0 Å². The van der Waals surface area contributed by atoms with E-state index in [0.717, 1.165) is 19.0 Å². The Kier molecular flexibility index (Phi) is 4.05. The van der Waals surface area contributed by atoms with E-state index in [0.29, 0.717) is 24.0 Å². The first-order chi connectivity index (χ1) is 6.86. The molecule has 0 aromatic rings. The molecule has 4 heteroatoms. The van der Waals surface area contributed by atoms with Crippen LogP contribution >= 0.6 is 22.5 Å². The molecule has 0 saturated carbocycles. The first kappa shape index (κ1) is 11.1. The lowest BCUT2D eigenvalue weighted by Crippen LogP contribution is -2.26. The van der Waals surface area contributed by atoms with E-state index < -0.39 is 0 Å². The first-order valence-corrected chi connectivity index (χ1v) is 7.40. The van der Waals surface area contributed by atoms with E-state index in [9.17, 15) is 0 Å². The van der Waals surface area contributed by atoms with Crippen LogP contribution < -0.4 is 0 Å². The van der Waals surface area contributed by atoms with Gasteiger partial charge in [-0.15, -0.1) is 11.7 Å². The summed E-state index contributed by atoms with van der Waals surface area (Å²) in [5.74, 6) is 2.24. The van der Waals surface area contributed by atoms with Crippen LogP contribution in [0, 0.1) is 11.8 Å². The summed E-state index contributed by atoms with van der Waals surface area (Å²) >= 11 is 4.19. The van der Waals surface area contributed by atoms with Gasteiger partial charge in [0.2, 0.25) is 0 Å². The van der Waals surface area contributed by atoms with Gasteiger partial charge in [0.1, 0.15) is 0 Å². The van der Waals surface area contributed by atoms with Crippen molar-refractivity contribution in [2.45, 2.75) is 32.0 Å². The molecule has 2 saturated heterocycles. The van der Waals surface area contributed by atoms with Gasteiger partial charge >= 0.3 is 0 Å². The first-order valence-electron chi connectivity index (χ1n) is 5.36. The molecule has 14 heavy (non-hydrogen) atoms. The van der Waals surface area contributed by atoms with Crippen LogP contribution in [0.25, 0.3) is 0 Å². The monoisotopic (exact) mass is 234 g/mol. The third-order valence-corrected chi connectivity index (χ3v) is 4.23. The molecule has 0 amide bonds. The fraction of sp³-hybridized carbons (Fsp3) is 1.00. The highest BCUT2D eigenvalue weighted by Crippen LogP contribution is 2.38. The predicted molar refractivity (Wildman–Crippen MR) is 62.8 cm³/mol. The van der Waals surface area contributed by atoms with Gasteiger partial charge in [-0.25, -0.2) is 0 Å². The van der Waals surface area contributed by atoms with Crippen molar-refractivity contribution < 1.29 is 9.47 Å². The molecule has 0 aliphatic carbocycles. The normalized spacial score (nSPS) is 41.6. The SMILES string of the molecule is CCCC1CO[C@@H]2C(CSS)CO[C@H]12. The van der Waals surface area contributed by atoms with Gasteiger partial charge in [0.05, 0.1) is 25.4 Å². The third-order valence-electron chi connectivity index (χ3n) is 3.21. The van der Waals surface area contributed by atoms with Gasteiger partial charge in [-0.2, -0.15) is 0 Å².